The monoisotopic (exact) mass is 262 g/mol. The van der Waals surface area contributed by atoms with Gasteiger partial charge in [0, 0.05) is 0 Å². The molecular formula is C16H16F2O. The van der Waals surface area contributed by atoms with Crippen LogP contribution in [-0.4, -0.2) is 5.11 Å². The van der Waals surface area contributed by atoms with Gasteiger partial charge >= 0.3 is 0 Å². The Bertz CT molecular complexity index is 529. The number of rotatable bonds is 4. The van der Waals surface area contributed by atoms with E-state index in [1.165, 1.54) is 6.07 Å². The van der Waals surface area contributed by atoms with E-state index in [0.29, 0.717) is 12.8 Å². The van der Waals surface area contributed by atoms with Gasteiger partial charge in [-0.1, -0.05) is 35.9 Å². The quantitative estimate of drug-likeness (QED) is 0.884. The molecule has 0 heterocycles. The Kier molecular flexibility index (Phi) is 4.27. The van der Waals surface area contributed by atoms with E-state index in [9.17, 15) is 13.9 Å². The number of hydrogen-bond donors (Lipinski definition) is 1. The molecule has 1 nitrogen and oxygen atoms in total. The van der Waals surface area contributed by atoms with Crippen molar-refractivity contribution in [3.63, 3.8) is 0 Å². The van der Waals surface area contributed by atoms with Crippen LogP contribution >= 0.6 is 0 Å². The van der Waals surface area contributed by atoms with Crippen LogP contribution in [0, 0.1) is 18.6 Å². The van der Waals surface area contributed by atoms with Crippen molar-refractivity contribution < 1.29 is 13.9 Å². The van der Waals surface area contributed by atoms with Crippen molar-refractivity contribution in [3.05, 3.63) is 70.8 Å². The first-order valence-corrected chi connectivity index (χ1v) is 6.25. The van der Waals surface area contributed by atoms with Crippen LogP contribution < -0.4 is 0 Å². The number of hydrogen-bond acceptors (Lipinski definition) is 1. The van der Waals surface area contributed by atoms with Gasteiger partial charge in [-0.2, -0.15) is 0 Å². The van der Waals surface area contributed by atoms with Crippen LogP contribution in [0.5, 0.6) is 0 Å². The van der Waals surface area contributed by atoms with E-state index < -0.39 is 17.7 Å². The molecule has 19 heavy (non-hydrogen) atoms. The van der Waals surface area contributed by atoms with Crippen molar-refractivity contribution in [2.45, 2.75) is 25.9 Å². The van der Waals surface area contributed by atoms with Crippen molar-refractivity contribution >= 4 is 0 Å². The highest BCUT2D eigenvalue weighted by Crippen LogP contribution is 2.24. The minimum atomic E-state index is -1.12. The van der Waals surface area contributed by atoms with Gasteiger partial charge in [-0.15, -0.1) is 0 Å². The van der Waals surface area contributed by atoms with E-state index in [0.717, 1.165) is 23.3 Å². The van der Waals surface area contributed by atoms with Crippen LogP contribution in [0.3, 0.4) is 0 Å². The molecule has 1 unspecified atom stereocenters. The molecule has 2 aromatic rings. The van der Waals surface area contributed by atoms with Crippen molar-refractivity contribution in [2.75, 3.05) is 0 Å². The summed E-state index contributed by atoms with van der Waals surface area (Å²) in [4.78, 5) is 0. The second-order valence-corrected chi connectivity index (χ2v) is 4.68. The van der Waals surface area contributed by atoms with E-state index in [1.54, 1.807) is 0 Å². The molecule has 0 saturated carbocycles. The van der Waals surface area contributed by atoms with Gasteiger partial charge in [-0.3, -0.25) is 0 Å². The maximum absolute atomic E-state index is 13.5. The Balaban J connectivity index is 2.05. The highest BCUT2D eigenvalue weighted by molar-refractivity contribution is 5.24. The van der Waals surface area contributed by atoms with Gasteiger partial charge in [0.25, 0.3) is 0 Å². The molecule has 3 heteroatoms. The first-order valence-electron chi connectivity index (χ1n) is 6.25. The molecular weight excluding hydrogens is 246 g/mol. The summed E-state index contributed by atoms with van der Waals surface area (Å²) >= 11 is 0. The van der Waals surface area contributed by atoms with E-state index >= 15 is 0 Å². The van der Waals surface area contributed by atoms with Gasteiger partial charge in [0.05, 0.1) is 11.7 Å². The SMILES string of the molecule is Cc1ccc(CCC(O)c2c(F)cccc2F)cc1. The molecule has 2 rings (SSSR count). The Morgan fingerprint density at radius 1 is 1.00 bits per heavy atom. The fraction of sp³-hybridized carbons (Fsp3) is 0.250. The molecule has 0 radical (unpaired) electrons. The number of halogens is 2. The molecule has 0 amide bonds. The predicted octanol–water partition coefficient (Wildman–Crippen LogP) is 3.94. The zero-order valence-electron chi connectivity index (χ0n) is 10.7. The molecule has 0 fully saturated rings. The predicted molar refractivity (Wildman–Crippen MR) is 70.8 cm³/mol. The summed E-state index contributed by atoms with van der Waals surface area (Å²) in [6, 6.07) is 11.5. The minimum Gasteiger partial charge on any atom is -0.388 e. The van der Waals surface area contributed by atoms with Gasteiger partial charge in [-0.25, -0.2) is 8.78 Å². The highest BCUT2D eigenvalue weighted by atomic mass is 19.1. The van der Waals surface area contributed by atoms with E-state index in [4.69, 9.17) is 0 Å². The second kappa shape index (κ2) is 5.93. The van der Waals surface area contributed by atoms with Gasteiger partial charge in [0.2, 0.25) is 0 Å². The fourth-order valence-electron chi connectivity index (χ4n) is 2.03. The number of aryl methyl sites for hydroxylation is 2. The summed E-state index contributed by atoms with van der Waals surface area (Å²) in [5.74, 6) is -1.40. The zero-order chi connectivity index (χ0) is 13.8. The molecule has 2 aromatic carbocycles. The van der Waals surface area contributed by atoms with Crippen molar-refractivity contribution in [1.82, 2.24) is 0 Å². The number of aliphatic hydroxyl groups is 1. The van der Waals surface area contributed by atoms with Crippen molar-refractivity contribution in [2.24, 2.45) is 0 Å². The van der Waals surface area contributed by atoms with Crippen molar-refractivity contribution in [3.8, 4) is 0 Å². The van der Waals surface area contributed by atoms with E-state index in [1.807, 2.05) is 31.2 Å². The topological polar surface area (TPSA) is 20.2 Å². The fourth-order valence-corrected chi connectivity index (χ4v) is 2.03. The summed E-state index contributed by atoms with van der Waals surface area (Å²) in [6.45, 7) is 1.99. The van der Waals surface area contributed by atoms with Crippen LogP contribution in [0.25, 0.3) is 0 Å². The van der Waals surface area contributed by atoms with Crippen LogP contribution in [0.4, 0.5) is 8.78 Å². The first kappa shape index (κ1) is 13.7. The molecule has 0 spiro atoms. The summed E-state index contributed by atoms with van der Waals surface area (Å²) < 4.78 is 27.0. The molecule has 0 aromatic heterocycles. The van der Waals surface area contributed by atoms with Crippen LogP contribution in [-0.2, 0) is 6.42 Å². The smallest absolute Gasteiger partial charge is 0.131 e. The normalized spacial score (nSPS) is 12.4. The molecule has 100 valence electrons. The molecule has 0 aliphatic heterocycles. The maximum atomic E-state index is 13.5. The lowest BCUT2D eigenvalue weighted by molar-refractivity contribution is 0.158. The van der Waals surface area contributed by atoms with Gasteiger partial charge in [-0.05, 0) is 37.5 Å². The van der Waals surface area contributed by atoms with Crippen LogP contribution in [0.1, 0.15) is 29.2 Å². The summed E-state index contributed by atoms with van der Waals surface area (Å²) in [5.41, 5.74) is 1.96. The Hall–Kier alpha value is -1.74. The Labute approximate surface area is 111 Å². The lowest BCUT2D eigenvalue weighted by atomic mass is 10.00. The summed E-state index contributed by atoms with van der Waals surface area (Å²) in [6.07, 6.45) is -0.252. The minimum absolute atomic E-state index is 0.241. The zero-order valence-corrected chi connectivity index (χ0v) is 10.7. The third-order valence-corrected chi connectivity index (χ3v) is 3.16. The lowest BCUT2D eigenvalue weighted by Gasteiger charge is -2.13. The molecule has 1 N–H and O–H groups in total. The van der Waals surface area contributed by atoms with Gasteiger partial charge in [0.1, 0.15) is 11.6 Å². The Morgan fingerprint density at radius 2 is 1.58 bits per heavy atom. The van der Waals surface area contributed by atoms with E-state index in [-0.39, 0.29) is 5.56 Å². The summed E-state index contributed by atoms with van der Waals surface area (Å²) in [5, 5.41) is 9.92. The third kappa shape index (κ3) is 3.38. The average molecular weight is 262 g/mol. The molecule has 0 bridgehead atoms. The largest absolute Gasteiger partial charge is 0.388 e. The Morgan fingerprint density at radius 3 is 2.16 bits per heavy atom. The van der Waals surface area contributed by atoms with Gasteiger partial charge in [0.15, 0.2) is 0 Å². The molecule has 1 atom stereocenters. The lowest BCUT2D eigenvalue weighted by Crippen LogP contribution is -2.05. The maximum Gasteiger partial charge on any atom is 0.131 e. The van der Waals surface area contributed by atoms with Crippen LogP contribution in [0.2, 0.25) is 0 Å². The van der Waals surface area contributed by atoms with Gasteiger partial charge < -0.3 is 5.11 Å². The second-order valence-electron chi connectivity index (χ2n) is 4.68. The number of benzene rings is 2. The first-order chi connectivity index (χ1) is 9.08. The molecule has 0 saturated heterocycles. The van der Waals surface area contributed by atoms with Crippen molar-refractivity contribution in [1.29, 1.82) is 0 Å². The molecule has 0 aliphatic carbocycles. The molecule has 0 aliphatic rings. The average Bonchev–Trinajstić information content (AvgIpc) is 2.38. The van der Waals surface area contributed by atoms with E-state index in [2.05, 4.69) is 0 Å². The van der Waals surface area contributed by atoms with Crippen LogP contribution in [0.15, 0.2) is 42.5 Å². The highest BCUT2D eigenvalue weighted by Gasteiger charge is 2.17. The standard InChI is InChI=1S/C16H16F2O/c1-11-5-7-12(8-6-11)9-10-15(19)16-13(17)3-2-4-14(16)18/h2-8,15,19H,9-10H2,1H3. The summed E-state index contributed by atoms with van der Waals surface area (Å²) in [7, 11) is 0. The third-order valence-electron chi connectivity index (χ3n) is 3.16. The number of aliphatic hydroxyl groups excluding tert-OH is 1.